The van der Waals surface area contributed by atoms with Crippen LogP contribution in [0.15, 0.2) is 12.3 Å². The largest absolute Gasteiger partial charge is 0.474 e. The number of pyridine rings is 1. The zero-order chi connectivity index (χ0) is 12.3. The fourth-order valence-electron chi connectivity index (χ4n) is 1.72. The highest BCUT2D eigenvalue weighted by Gasteiger charge is 2.24. The van der Waals surface area contributed by atoms with E-state index in [-0.39, 0.29) is 12.1 Å². The van der Waals surface area contributed by atoms with E-state index in [0.717, 1.165) is 18.4 Å². The molecule has 0 atom stereocenters. The Morgan fingerprint density at radius 2 is 2.29 bits per heavy atom. The number of rotatable bonds is 4. The molecule has 1 heterocycles. The second kappa shape index (κ2) is 5.17. The number of esters is 1. The summed E-state index contributed by atoms with van der Waals surface area (Å²) in [5, 5.41) is 0. The first kappa shape index (κ1) is 11.9. The van der Waals surface area contributed by atoms with Crippen LogP contribution in [0, 0.1) is 6.92 Å². The van der Waals surface area contributed by atoms with Crippen molar-refractivity contribution in [3.63, 3.8) is 0 Å². The third-order valence-electron chi connectivity index (χ3n) is 2.93. The van der Waals surface area contributed by atoms with Crippen LogP contribution in [0.3, 0.4) is 0 Å². The Morgan fingerprint density at radius 3 is 2.88 bits per heavy atom. The molecule has 0 unspecified atom stereocenters. The van der Waals surface area contributed by atoms with Crippen LogP contribution in [0.1, 0.15) is 42.1 Å². The van der Waals surface area contributed by atoms with Gasteiger partial charge in [0.25, 0.3) is 0 Å². The lowest BCUT2D eigenvalue weighted by atomic mass is 9.96. The summed E-state index contributed by atoms with van der Waals surface area (Å²) in [6, 6.07) is 1.79. The van der Waals surface area contributed by atoms with Crippen molar-refractivity contribution >= 4 is 5.97 Å². The topological polar surface area (TPSA) is 48.4 Å². The first-order chi connectivity index (χ1) is 8.22. The third-order valence-corrected chi connectivity index (χ3v) is 2.93. The summed E-state index contributed by atoms with van der Waals surface area (Å²) >= 11 is 0. The van der Waals surface area contributed by atoms with E-state index in [1.807, 2.05) is 6.92 Å². The summed E-state index contributed by atoms with van der Waals surface area (Å²) in [7, 11) is 0. The maximum absolute atomic E-state index is 11.8. The molecule has 0 saturated heterocycles. The number of nitrogens with zero attached hydrogens (tertiary/aromatic N) is 1. The second-order valence-corrected chi connectivity index (χ2v) is 4.20. The molecule has 1 aromatic rings. The van der Waals surface area contributed by atoms with E-state index in [1.54, 1.807) is 19.2 Å². The number of carbonyl (C=O) groups excluding carboxylic acids is 1. The van der Waals surface area contributed by atoms with Crippen molar-refractivity contribution in [1.82, 2.24) is 4.98 Å². The molecule has 4 nitrogen and oxygen atoms in total. The molecule has 0 spiro atoms. The fourth-order valence-corrected chi connectivity index (χ4v) is 1.72. The van der Waals surface area contributed by atoms with Gasteiger partial charge in [-0.2, -0.15) is 0 Å². The first-order valence-corrected chi connectivity index (χ1v) is 6.01. The number of carbonyl (C=O) groups is 1. The van der Waals surface area contributed by atoms with Crippen LogP contribution in [0.4, 0.5) is 0 Å². The van der Waals surface area contributed by atoms with E-state index in [9.17, 15) is 4.79 Å². The van der Waals surface area contributed by atoms with Crippen LogP contribution in [-0.2, 0) is 4.74 Å². The van der Waals surface area contributed by atoms with Gasteiger partial charge >= 0.3 is 5.97 Å². The summed E-state index contributed by atoms with van der Waals surface area (Å²) in [5.41, 5.74) is 1.30. The van der Waals surface area contributed by atoms with E-state index in [0.29, 0.717) is 18.1 Å². The molecule has 1 saturated carbocycles. The van der Waals surface area contributed by atoms with Gasteiger partial charge in [0.05, 0.1) is 6.61 Å². The molecular formula is C13H17NO3. The number of hydrogen-bond donors (Lipinski definition) is 0. The van der Waals surface area contributed by atoms with Crippen molar-refractivity contribution in [2.45, 2.75) is 39.2 Å². The highest BCUT2D eigenvalue weighted by Crippen LogP contribution is 2.27. The Bertz CT molecular complexity index is 413. The van der Waals surface area contributed by atoms with Gasteiger partial charge in [-0.15, -0.1) is 0 Å². The maximum atomic E-state index is 11.8. The average Bonchev–Trinajstić information content (AvgIpc) is 2.23. The zero-order valence-corrected chi connectivity index (χ0v) is 10.2. The van der Waals surface area contributed by atoms with Crippen molar-refractivity contribution in [2.75, 3.05) is 6.61 Å². The van der Waals surface area contributed by atoms with Crippen molar-refractivity contribution in [3.05, 3.63) is 23.4 Å². The van der Waals surface area contributed by atoms with Gasteiger partial charge in [0.1, 0.15) is 11.7 Å². The normalized spacial score (nSPS) is 15.2. The number of aryl methyl sites for hydroxylation is 1. The van der Waals surface area contributed by atoms with E-state index < -0.39 is 0 Å². The third kappa shape index (κ3) is 2.57. The second-order valence-electron chi connectivity index (χ2n) is 4.20. The predicted molar refractivity (Wildman–Crippen MR) is 63.2 cm³/mol. The molecule has 0 radical (unpaired) electrons. The molecule has 17 heavy (non-hydrogen) atoms. The van der Waals surface area contributed by atoms with E-state index >= 15 is 0 Å². The molecule has 1 fully saturated rings. The van der Waals surface area contributed by atoms with Gasteiger partial charge in [0.2, 0.25) is 5.88 Å². The molecule has 92 valence electrons. The van der Waals surface area contributed by atoms with Crippen LogP contribution in [0.5, 0.6) is 5.88 Å². The van der Waals surface area contributed by atoms with Crippen molar-refractivity contribution in [3.8, 4) is 5.88 Å². The molecule has 0 N–H and O–H groups in total. The molecule has 1 aromatic heterocycles. The molecule has 1 aliphatic rings. The zero-order valence-electron chi connectivity index (χ0n) is 10.2. The SMILES string of the molecule is CCOC(=O)c1c(C)ccnc1OC1CCC1. The Morgan fingerprint density at radius 1 is 1.53 bits per heavy atom. The molecular weight excluding hydrogens is 218 g/mol. The maximum Gasteiger partial charge on any atom is 0.343 e. The molecule has 0 bridgehead atoms. The smallest absolute Gasteiger partial charge is 0.343 e. The minimum Gasteiger partial charge on any atom is -0.474 e. The lowest BCUT2D eigenvalue weighted by molar-refractivity contribution is 0.0508. The molecule has 4 heteroatoms. The lowest BCUT2D eigenvalue weighted by Crippen LogP contribution is -2.26. The van der Waals surface area contributed by atoms with E-state index in [2.05, 4.69) is 4.98 Å². The minimum atomic E-state index is -0.354. The number of ether oxygens (including phenoxy) is 2. The summed E-state index contributed by atoms with van der Waals surface area (Å²) in [4.78, 5) is 16.0. The van der Waals surface area contributed by atoms with Crippen molar-refractivity contribution < 1.29 is 14.3 Å². The first-order valence-electron chi connectivity index (χ1n) is 6.01. The Hall–Kier alpha value is -1.58. The summed E-state index contributed by atoms with van der Waals surface area (Å²) in [5.74, 6) is 0.0561. The molecule has 1 aliphatic carbocycles. The molecule has 0 amide bonds. The van der Waals surface area contributed by atoms with Gasteiger partial charge < -0.3 is 9.47 Å². The highest BCUT2D eigenvalue weighted by molar-refractivity contribution is 5.93. The van der Waals surface area contributed by atoms with Crippen LogP contribution < -0.4 is 4.74 Å². The molecule has 0 aromatic carbocycles. The van der Waals surface area contributed by atoms with Crippen LogP contribution in [0.2, 0.25) is 0 Å². The monoisotopic (exact) mass is 235 g/mol. The summed E-state index contributed by atoms with van der Waals surface area (Å²) in [6.07, 6.45) is 5.13. The van der Waals surface area contributed by atoms with Crippen LogP contribution >= 0.6 is 0 Å². The highest BCUT2D eigenvalue weighted by atomic mass is 16.5. The number of hydrogen-bond acceptors (Lipinski definition) is 4. The van der Waals surface area contributed by atoms with Gasteiger partial charge in [0, 0.05) is 6.20 Å². The Kier molecular flexibility index (Phi) is 3.61. The summed E-state index contributed by atoms with van der Waals surface area (Å²) in [6.45, 7) is 4.01. The number of aromatic nitrogens is 1. The molecule has 0 aliphatic heterocycles. The van der Waals surface area contributed by atoms with Crippen LogP contribution in [-0.4, -0.2) is 23.7 Å². The van der Waals surface area contributed by atoms with Gasteiger partial charge in [0.15, 0.2) is 0 Å². The quantitative estimate of drug-likeness (QED) is 0.752. The van der Waals surface area contributed by atoms with E-state index in [1.165, 1.54) is 6.42 Å². The lowest BCUT2D eigenvalue weighted by Gasteiger charge is -2.26. The predicted octanol–water partition coefficient (Wildman–Crippen LogP) is 2.50. The van der Waals surface area contributed by atoms with Gasteiger partial charge in [-0.05, 0) is 44.7 Å². The minimum absolute atomic E-state index is 0.206. The Balaban J connectivity index is 2.23. The van der Waals surface area contributed by atoms with Crippen LogP contribution in [0.25, 0.3) is 0 Å². The molecule has 2 rings (SSSR count). The van der Waals surface area contributed by atoms with Crippen molar-refractivity contribution in [1.29, 1.82) is 0 Å². The van der Waals surface area contributed by atoms with Gasteiger partial charge in [-0.1, -0.05) is 0 Å². The standard InChI is InChI=1S/C13H17NO3/c1-3-16-13(15)11-9(2)7-8-14-12(11)17-10-5-4-6-10/h7-8,10H,3-6H2,1-2H3. The Labute approximate surface area is 101 Å². The fraction of sp³-hybridized carbons (Fsp3) is 0.538. The van der Waals surface area contributed by atoms with Crippen molar-refractivity contribution in [2.24, 2.45) is 0 Å². The van der Waals surface area contributed by atoms with Gasteiger partial charge in [-0.25, -0.2) is 9.78 Å². The van der Waals surface area contributed by atoms with Gasteiger partial charge in [-0.3, -0.25) is 0 Å². The summed E-state index contributed by atoms with van der Waals surface area (Å²) < 4.78 is 10.7. The van der Waals surface area contributed by atoms with E-state index in [4.69, 9.17) is 9.47 Å². The average molecular weight is 235 g/mol.